The van der Waals surface area contributed by atoms with Gasteiger partial charge in [-0.1, -0.05) is 54.6 Å². The Bertz CT molecular complexity index is 740. The zero-order valence-electron chi connectivity index (χ0n) is 12.0. The molecule has 4 nitrogen and oxygen atoms in total. The summed E-state index contributed by atoms with van der Waals surface area (Å²) in [7, 11) is -3.83. The van der Waals surface area contributed by atoms with Crippen molar-refractivity contribution in [3.8, 4) is 0 Å². The first-order valence-corrected chi connectivity index (χ1v) is 8.29. The standard InChI is InChI=1S/C17H17NO3S/c1-2-14(15-9-5-3-6-10-15)13-17(19)18-22(20,21)16-11-7-4-8-12-16/h2-12,14H,1,13H2,(H,18,19)/t14-/m0/s1. The minimum atomic E-state index is -3.83. The molecule has 2 aromatic carbocycles. The first-order valence-electron chi connectivity index (χ1n) is 6.81. The maximum atomic E-state index is 12.1. The first-order chi connectivity index (χ1) is 10.5. The zero-order valence-corrected chi connectivity index (χ0v) is 12.8. The monoisotopic (exact) mass is 315 g/mol. The molecule has 2 aromatic rings. The quantitative estimate of drug-likeness (QED) is 0.834. The maximum absolute atomic E-state index is 12.1. The van der Waals surface area contributed by atoms with E-state index in [2.05, 4.69) is 11.3 Å². The predicted molar refractivity (Wildman–Crippen MR) is 85.8 cm³/mol. The number of sulfonamides is 1. The Morgan fingerprint density at radius 1 is 1.05 bits per heavy atom. The molecular weight excluding hydrogens is 298 g/mol. The van der Waals surface area contributed by atoms with Gasteiger partial charge in [0.15, 0.2) is 0 Å². The molecule has 1 atom stereocenters. The summed E-state index contributed by atoms with van der Waals surface area (Å²) in [6.45, 7) is 3.72. The van der Waals surface area contributed by atoms with Crippen molar-refractivity contribution in [1.82, 2.24) is 4.72 Å². The van der Waals surface area contributed by atoms with Crippen LogP contribution in [0.2, 0.25) is 0 Å². The third-order valence-electron chi connectivity index (χ3n) is 3.22. The molecule has 0 radical (unpaired) electrons. The van der Waals surface area contributed by atoms with Gasteiger partial charge in [-0.05, 0) is 17.7 Å². The third-order valence-corrected chi connectivity index (χ3v) is 4.61. The number of allylic oxidation sites excluding steroid dienone is 1. The normalized spacial score (nSPS) is 12.4. The molecule has 0 aliphatic carbocycles. The molecule has 0 aliphatic rings. The average molecular weight is 315 g/mol. The minimum absolute atomic E-state index is 0.0274. The van der Waals surface area contributed by atoms with Gasteiger partial charge in [0.2, 0.25) is 5.91 Å². The maximum Gasteiger partial charge on any atom is 0.264 e. The molecule has 0 unspecified atom stereocenters. The van der Waals surface area contributed by atoms with Crippen molar-refractivity contribution in [1.29, 1.82) is 0 Å². The number of rotatable bonds is 6. The van der Waals surface area contributed by atoms with Crippen molar-refractivity contribution in [2.45, 2.75) is 17.2 Å². The van der Waals surface area contributed by atoms with Crippen molar-refractivity contribution in [2.24, 2.45) is 0 Å². The molecular formula is C17H17NO3S. The Kier molecular flexibility index (Phi) is 5.12. The second-order valence-corrected chi connectivity index (χ2v) is 6.48. The Hall–Kier alpha value is -2.40. The van der Waals surface area contributed by atoms with Gasteiger partial charge in [-0.2, -0.15) is 0 Å². The van der Waals surface area contributed by atoms with E-state index in [-0.39, 0.29) is 17.2 Å². The molecule has 22 heavy (non-hydrogen) atoms. The number of nitrogens with one attached hydrogen (secondary N) is 1. The lowest BCUT2D eigenvalue weighted by molar-refractivity contribution is -0.119. The Balaban J connectivity index is 2.08. The van der Waals surface area contributed by atoms with E-state index in [1.54, 1.807) is 24.3 Å². The van der Waals surface area contributed by atoms with Crippen molar-refractivity contribution in [3.63, 3.8) is 0 Å². The highest BCUT2D eigenvalue weighted by Gasteiger charge is 2.19. The van der Waals surface area contributed by atoms with Crippen LogP contribution in [0.3, 0.4) is 0 Å². The summed E-state index contributed by atoms with van der Waals surface area (Å²) in [5.74, 6) is -0.787. The van der Waals surface area contributed by atoms with Crippen LogP contribution >= 0.6 is 0 Å². The minimum Gasteiger partial charge on any atom is -0.274 e. The molecule has 5 heteroatoms. The van der Waals surface area contributed by atoms with Crippen molar-refractivity contribution in [2.75, 3.05) is 0 Å². The fraction of sp³-hybridized carbons (Fsp3) is 0.118. The van der Waals surface area contributed by atoms with Gasteiger partial charge in [-0.25, -0.2) is 13.1 Å². The van der Waals surface area contributed by atoms with Gasteiger partial charge in [-0.3, -0.25) is 4.79 Å². The van der Waals surface area contributed by atoms with Crippen LogP contribution in [-0.4, -0.2) is 14.3 Å². The number of hydrogen-bond donors (Lipinski definition) is 1. The van der Waals surface area contributed by atoms with Gasteiger partial charge in [0.25, 0.3) is 10.0 Å². The summed E-state index contributed by atoms with van der Waals surface area (Å²) in [6, 6.07) is 17.2. The van der Waals surface area contributed by atoms with Crippen molar-refractivity contribution >= 4 is 15.9 Å². The highest BCUT2D eigenvalue weighted by Crippen LogP contribution is 2.20. The van der Waals surface area contributed by atoms with E-state index in [4.69, 9.17) is 0 Å². The molecule has 0 spiro atoms. The number of benzene rings is 2. The van der Waals surface area contributed by atoms with Gasteiger partial charge in [0, 0.05) is 12.3 Å². The molecule has 0 bridgehead atoms. The fourth-order valence-corrected chi connectivity index (χ4v) is 3.10. The van der Waals surface area contributed by atoms with E-state index in [1.165, 1.54) is 12.1 Å². The molecule has 2 rings (SSSR count). The zero-order chi connectivity index (χ0) is 16.0. The Morgan fingerprint density at radius 3 is 2.14 bits per heavy atom. The average Bonchev–Trinajstić information content (AvgIpc) is 2.54. The highest BCUT2D eigenvalue weighted by atomic mass is 32.2. The highest BCUT2D eigenvalue weighted by molar-refractivity contribution is 7.90. The summed E-state index contributed by atoms with van der Waals surface area (Å²) in [6.07, 6.45) is 1.67. The lowest BCUT2D eigenvalue weighted by Gasteiger charge is -2.13. The van der Waals surface area contributed by atoms with Crippen molar-refractivity contribution < 1.29 is 13.2 Å². The summed E-state index contributed by atoms with van der Waals surface area (Å²) in [5, 5.41) is 0. The summed E-state index contributed by atoms with van der Waals surface area (Å²) in [5.41, 5.74) is 0.921. The molecule has 0 aliphatic heterocycles. The van der Waals surface area contributed by atoms with Gasteiger partial charge < -0.3 is 0 Å². The third kappa shape index (κ3) is 4.05. The molecule has 0 heterocycles. The summed E-state index contributed by atoms with van der Waals surface area (Å²) in [4.78, 5) is 12.1. The number of carbonyl (C=O) groups is 1. The topological polar surface area (TPSA) is 63.2 Å². The Labute approximate surface area is 130 Å². The lowest BCUT2D eigenvalue weighted by atomic mass is 9.96. The van der Waals surface area contributed by atoms with Crippen LogP contribution in [0.5, 0.6) is 0 Å². The van der Waals surface area contributed by atoms with E-state index < -0.39 is 15.9 Å². The van der Waals surface area contributed by atoms with E-state index in [0.717, 1.165) is 5.56 Å². The van der Waals surface area contributed by atoms with Gasteiger partial charge in [0.05, 0.1) is 4.90 Å². The lowest BCUT2D eigenvalue weighted by Crippen LogP contribution is -2.31. The van der Waals surface area contributed by atoms with Crippen LogP contribution in [0.1, 0.15) is 17.9 Å². The van der Waals surface area contributed by atoms with Crippen LogP contribution in [0, 0.1) is 0 Å². The van der Waals surface area contributed by atoms with Crippen LogP contribution in [0.25, 0.3) is 0 Å². The second-order valence-electron chi connectivity index (χ2n) is 4.80. The molecule has 0 fully saturated rings. The SMILES string of the molecule is C=C[C@@H](CC(=O)NS(=O)(=O)c1ccccc1)c1ccccc1. The number of hydrogen-bond acceptors (Lipinski definition) is 3. The molecule has 1 amide bonds. The van der Waals surface area contributed by atoms with E-state index in [1.807, 2.05) is 30.3 Å². The largest absolute Gasteiger partial charge is 0.274 e. The van der Waals surface area contributed by atoms with Crippen LogP contribution < -0.4 is 4.72 Å². The number of amides is 1. The van der Waals surface area contributed by atoms with Crippen LogP contribution in [-0.2, 0) is 14.8 Å². The second kappa shape index (κ2) is 7.04. The number of carbonyl (C=O) groups excluding carboxylic acids is 1. The first kappa shape index (κ1) is 16.0. The smallest absolute Gasteiger partial charge is 0.264 e. The van der Waals surface area contributed by atoms with Gasteiger partial charge >= 0.3 is 0 Å². The summed E-state index contributed by atoms with van der Waals surface area (Å²) >= 11 is 0. The fourth-order valence-electron chi connectivity index (χ4n) is 2.09. The van der Waals surface area contributed by atoms with Gasteiger partial charge in [-0.15, -0.1) is 6.58 Å². The van der Waals surface area contributed by atoms with Gasteiger partial charge in [0.1, 0.15) is 0 Å². The molecule has 0 saturated heterocycles. The van der Waals surface area contributed by atoms with Crippen LogP contribution in [0.15, 0.2) is 78.2 Å². The van der Waals surface area contributed by atoms with E-state index >= 15 is 0 Å². The Morgan fingerprint density at radius 2 is 1.59 bits per heavy atom. The predicted octanol–water partition coefficient (Wildman–Crippen LogP) is 2.85. The molecule has 0 aromatic heterocycles. The molecule has 0 saturated carbocycles. The van der Waals surface area contributed by atoms with Crippen molar-refractivity contribution in [3.05, 3.63) is 78.9 Å². The molecule has 1 N–H and O–H groups in total. The molecule has 114 valence electrons. The van der Waals surface area contributed by atoms with E-state index in [9.17, 15) is 13.2 Å². The van der Waals surface area contributed by atoms with E-state index in [0.29, 0.717) is 0 Å². The van der Waals surface area contributed by atoms with Crippen LogP contribution in [0.4, 0.5) is 0 Å². The summed E-state index contributed by atoms with van der Waals surface area (Å²) < 4.78 is 26.3.